The van der Waals surface area contributed by atoms with Gasteiger partial charge < -0.3 is 9.64 Å². The van der Waals surface area contributed by atoms with Gasteiger partial charge in [-0.05, 0) is 13.0 Å². The van der Waals surface area contributed by atoms with Gasteiger partial charge in [-0.25, -0.2) is 9.78 Å². The molecule has 0 unspecified atom stereocenters. The second kappa shape index (κ2) is 6.78. The van der Waals surface area contributed by atoms with Crippen LogP contribution < -0.4 is 5.32 Å². The molecule has 9 heteroatoms. The molecule has 0 fully saturated rings. The molecule has 122 valence electrons. The quantitative estimate of drug-likeness (QED) is 0.914. The van der Waals surface area contributed by atoms with E-state index in [4.69, 9.17) is 4.74 Å². The summed E-state index contributed by atoms with van der Waals surface area (Å²) in [7, 11) is 0. The van der Waals surface area contributed by atoms with E-state index in [9.17, 15) is 9.59 Å². The average molecular weight is 335 g/mol. The number of hydrogen-bond acceptors (Lipinski definition) is 6. The summed E-state index contributed by atoms with van der Waals surface area (Å²) >= 11 is 1.38. The monoisotopic (exact) mass is 335 g/mol. The van der Waals surface area contributed by atoms with Crippen LogP contribution in [0.3, 0.4) is 0 Å². The minimum atomic E-state index is -0.509. The minimum Gasteiger partial charge on any atom is -0.450 e. The van der Waals surface area contributed by atoms with Crippen molar-refractivity contribution < 1.29 is 14.3 Å². The zero-order valence-electron chi connectivity index (χ0n) is 12.7. The molecule has 0 radical (unpaired) electrons. The Hall–Kier alpha value is -2.42. The number of carbonyl (C=O) groups excluding carboxylic acids is 2. The van der Waals surface area contributed by atoms with Crippen molar-refractivity contribution in [3.05, 3.63) is 29.0 Å². The molecule has 0 saturated carbocycles. The molecule has 1 N–H and O–H groups in total. The van der Waals surface area contributed by atoms with Crippen LogP contribution >= 0.6 is 11.3 Å². The molecule has 1 aliphatic heterocycles. The first kappa shape index (κ1) is 15.5. The largest absolute Gasteiger partial charge is 0.450 e. The average Bonchev–Trinajstić information content (AvgIpc) is 3.15. The van der Waals surface area contributed by atoms with Crippen LogP contribution in [-0.2, 0) is 29.0 Å². The number of nitrogens with one attached hydrogen (secondary N) is 1. The fraction of sp³-hybridized carbons (Fsp3) is 0.429. The summed E-state index contributed by atoms with van der Waals surface area (Å²) < 4.78 is 6.45. The van der Waals surface area contributed by atoms with E-state index in [1.807, 2.05) is 0 Å². The van der Waals surface area contributed by atoms with Crippen molar-refractivity contribution in [2.45, 2.75) is 26.4 Å². The van der Waals surface area contributed by atoms with E-state index < -0.39 is 6.09 Å². The van der Waals surface area contributed by atoms with Gasteiger partial charge >= 0.3 is 6.09 Å². The molecule has 23 heavy (non-hydrogen) atoms. The maximum Gasteiger partial charge on any atom is 0.413 e. The standard InChI is InChI=1S/C14H17N5O3S/c1-2-22-14(21)17-13-16-10-4-7-18(8-11(10)23-13)12(20)9-19-6-3-5-15-19/h3,5-6H,2,4,7-9H2,1H3,(H,16,17,21). The maximum absolute atomic E-state index is 12.3. The molecule has 2 amide bonds. The smallest absolute Gasteiger partial charge is 0.413 e. The van der Waals surface area contributed by atoms with Crippen LogP contribution in [0.15, 0.2) is 18.5 Å². The minimum absolute atomic E-state index is 0.0210. The molecular formula is C14H17N5O3S. The van der Waals surface area contributed by atoms with Crippen molar-refractivity contribution in [3.63, 3.8) is 0 Å². The van der Waals surface area contributed by atoms with Gasteiger partial charge in [0.1, 0.15) is 6.54 Å². The highest BCUT2D eigenvalue weighted by Crippen LogP contribution is 2.28. The van der Waals surface area contributed by atoms with Gasteiger partial charge in [0.05, 0.1) is 18.8 Å². The van der Waals surface area contributed by atoms with Crippen molar-refractivity contribution in [3.8, 4) is 0 Å². The lowest BCUT2D eigenvalue weighted by atomic mass is 10.2. The Bertz CT molecular complexity index is 697. The predicted molar refractivity (Wildman–Crippen MR) is 84.1 cm³/mol. The molecule has 0 saturated heterocycles. The van der Waals surface area contributed by atoms with Crippen LogP contribution in [-0.4, -0.2) is 44.8 Å². The third-order valence-electron chi connectivity index (χ3n) is 3.42. The van der Waals surface area contributed by atoms with E-state index in [-0.39, 0.29) is 12.5 Å². The van der Waals surface area contributed by atoms with E-state index in [2.05, 4.69) is 15.4 Å². The Kier molecular flexibility index (Phi) is 4.56. The van der Waals surface area contributed by atoms with E-state index in [1.54, 1.807) is 35.0 Å². The lowest BCUT2D eigenvalue weighted by Gasteiger charge is -2.26. The zero-order chi connectivity index (χ0) is 16.2. The lowest BCUT2D eigenvalue weighted by Crippen LogP contribution is -2.37. The fourth-order valence-electron chi connectivity index (χ4n) is 2.35. The van der Waals surface area contributed by atoms with Crippen molar-refractivity contribution in [2.75, 3.05) is 18.5 Å². The van der Waals surface area contributed by atoms with Gasteiger partial charge in [-0.1, -0.05) is 11.3 Å². The van der Waals surface area contributed by atoms with Gasteiger partial charge in [0.2, 0.25) is 5.91 Å². The van der Waals surface area contributed by atoms with Gasteiger partial charge in [-0.2, -0.15) is 5.10 Å². The van der Waals surface area contributed by atoms with Gasteiger partial charge in [0, 0.05) is 30.2 Å². The van der Waals surface area contributed by atoms with E-state index in [0.29, 0.717) is 31.2 Å². The van der Waals surface area contributed by atoms with E-state index in [0.717, 1.165) is 10.6 Å². The van der Waals surface area contributed by atoms with Crippen LogP contribution in [0.4, 0.5) is 9.93 Å². The highest BCUT2D eigenvalue weighted by Gasteiger charge is 2.24. The second-order valence-electron chi connectivity index (χ2n) is 5.00. The molecule has 0 bridgehead atoms. The molecular weight excluding hydrogens is 318 g/mol. The van der Waals surface area contributed by atoms with Crippen molar-refractivity contribution >= 4 is 28.5 Å². The predicted octanol–water partition coefficient (Wildman–Crippen LogP) is 1.49. The van der Waals surface area contributed by atoms with Crippen LogP contribution in [0, 0.1) is 0 Å². The van der Waals surface area contributed by atoms with Crippen LogP contribution in [0.1, 0.15) is 17.5 Å². The van der Waals surface area contributed by atoms with E-state index in [1.165, 1.54) is 11.3 Å². The summed E-state index contributed by atoms with van der Waals surface area (Å²) in [5.41, 5.74) is 0.935. The number of fused-ring (bicyclic) bond motifs is 1. The van der Waals surface area contributed by atoms with Gasteiger partial charge in [-0.15, -0.1) is 0 Å². The molecule has 1 aliphatic rings. The third kappa shape index (κ3) is 3.67. The first-order chi connectivity index (χ1) is 11.2. The lowest BCUT2D eigenvalue weighted by molar-refractivity contribution is -0.132. The van der Waals surface area contributed by atoms with Crippen LogP contribution in [0.2, 0.25) is 0 Å². The fourth-order valence-corrected chi connectivity index (χ4v) is 3.36. The van der Waals surface area contributed by atoms with Gasteiger partial charge in [0.15, 0.2) is 5.13 Å². The number of hydrogen-bond donors (Lipinski definition) is 1. The maximum atomic E-state index is 12.3. The molecule has 0 aromatic carbocycles. The number of thiazole rings is 1. The molecule has 2 aromatic heterocycles. The Morgan fingerprint density at radius 1 is 1.48 bits per heavy atom. The normalized spacial score (nSPS) is 13.5. The Labute approximate surface area is 137 Å². The molecule has 0 spiro atoms. The summed E-state index contributed by atoms with van der Waals surface area (Å²) in [5, 5.41) is 7.17. The first-order valence-corrected chi connectivity index (χ1v) is 8.15. The summed E-state index contributed by atoms with van der Waals surface area (Å²) in [6.07, 6.45) is 3.59. The van der Waals surface area contributed by atoms with Gasteiger partial charge in [-0.3, -0.25) is 14.8 Å². The SMILES string of the molecule is CCOC(=O)Nc1nc2c(s1)CN(C(=O)Cn1cccn1)CC2. The van der Waals surface area contributed by atoms with Crippen molar-refractivity contribution in [1.82, 2.24) is 19.7 Å². The molecule has 2 aromatic rings. The molecule has 0 aliphatic carbocycles. The molecule has 3 heterocycles. The Morgan fingerprint density at radius 2 is 2.35 bits per heavy atom. The Balaban J connectivity index is 1.62. The first-order valence-electron chi connectivity index (χ1n) is 7.33. The zero-order valence-corrected chi connectivity index (χ0v) is 13.5. The number of anilines is 1. The second-order valence-corrected chi connectivity index (χ2v) is 6.09. The summed E-state index contributed by atoms with van der Waals surface area (Å²) in [6.45, 7) is 3.42. The van der Waals surface area contributed by atoms with Crippen molar-refractivity contribution in [1.29, 1.82) is 0 Å². The molecule has 8 nitrogen and oxygen atoms in total. The Morgan fingerprint density at radius 3 is 3.09 bits per heavy atom. The highest BCUT2D eigenvalue weighted by atomic mass is 32.1. The molecule has 3 rings (SSSR count). The number of nitrogens with zero attached hydrogens (tertiary/aromatic N) is 4. The number of rotatable bonds is 4. The summed E-state index contributed by atoms with van der Waals surface area (Å²) in [6, 6.07) is 1.79. The van der Waals surface area contributed by atoms with Gasteiger partial charge in [0.25, 0.3) is 0 Å². The van der Waals surface area contributed by atoms with Crippen LogP contribution in [0.25, 0.3) is 0 Å². The highest BCUT2D eigenvalue weighted by molar-refractivity contribution is 7.15. The summed E-state index contributed by atoms with van der Waals surface area (Å²) in [4.78, 5) is 30.9. The number of ether oxygens (including phenoxy) is 1. The number of amides is 2. The summed E-state index contributed by atoms with van der Waals surface area (Å²) in [5.74, 6) is 0.0210. The topological polar surface area (TPSA) is 89.4 Å². The van der Waals surface area contributed by atoms with E-state index >= 15 is 0 Å². The molecule has 0 atom stereocenters. The van der Waals surface area contributed by atoms with Crippen molar-refractivity contribution in [2.24, 2.45) is 0 Å². The number of carbonyl (C=O) groups is 2. The van der Waals surface area contributed by atoms with Crippen LogP contribution in [0.5, 0.6) is 0 Å². The number of aromatic nitrogens is 3. The third-order valence-corrected chi connectivity index (χ3v) is 4.42.